The second-order valence-corrected chi connectivity index (χ2v) is 4.74. The number of anilines is 1. The molecule has 0 atom stereocenters. The number of halogens is 1. The normalized spacial score (nSPS) is 10.3. The van der Waals surface area contributed by atoms with E-state index in [1.807, 2.05) is 37.4 Å². The zero-order chi connectivity index (χ0) is 13.8. The number of aromatic nitrogens is 1. The number of benzene rings is 1. The number of pyridine rings is 1. The van der Waals surface area contributed by atoms with Gasteiger partial charge in [0.2, 0.25) is 0 Å². The predicted octanol–water partition coefficient (Wildman–Crippen LogP) is 2.98. The van der Waals surface area contributed by atoms with Gasteiger partial charge in [-0.3, -0.25) is 4.79 Å². The number of nitrogens with one attached hydrogen (secondary N) is 1. The van der Waals surface area contributed by atoms with E-state index in [2.05, 4.69) is 12.2 Å². The standard InChI is InChI=1S/C15H15ClN2O/c1-3-11-4-6-12(7-5-11)15(19)17-13-8-9-18(2)14(16)10-13/h4-10H,3H2,1-2H3/p+1. The molecule has 0 bridgehead atoms. The maximum absolute atomic E-state index is 12.0. The van der Waals surface area contributed by atoms with E-state index in [4.69, 9.17) is 11.6 Å². The molecule has 0 spiro atoms. The fraction of sp³-hybridized carbons (Fsp3) is 0.200. The minimum absolute atomic E-state index is 0.132. The first-order chi connectivity index (χ1) is 9.10. The van der Waals surface area contributed by atoms with E-state index in [0.29, 0.717) is 16.4 Å². The lowest BCUT2D eigenvalue weighted by Crippen LogP contribution is -2.28. The van der Waals surface area contributed by atoms with Crippen molar-refractivity contribution >= 4 is 23.2 Å². The van der Waals surface area contributed by atoms with Crippen molar-refractivity contribution in [2.24, 2.45) is 7.05 Å². The van der Waals surface area contributed by atoms with Gasteiger partial charge in [0.25, 0.3) is 11.1 Å². The maximum Gasteiger partial charge on any atom is 0.276 e. The predicted molar refractivity (Wildman–Crippen MR) is 76.4 cm³/mol. The summed E-state index contributed by atoms with van der Waals surface area (Å²) >= 11 is 5.99. The largest absolute Gasteiger partial charge is 0.321 e. The van der Waals surface area contributed by atoms with E-state index in [1.54, 1.807) is 16.8 Å². The van der Waals surface area contributed by atoms with Gasteiger partial charge in [-0.2, -0.15) is 4.57 Å². The Hall–Kier alpha value is -1.87. The first-order valence-corrected chi connectivity index (χ1v) is 6.53. The molecule has 0 fully saturated rings. The van der Waals surface area contributed by atoms with E-state index in [-0.39, 0.29) is 5.91 Å². The Balaban J connectivity index is 2.13. The van der Waals surface area contributed by atoms with Crippen LogP contribution in [-0.4, -0.2) is 5.91 Å². The molecule has 0 aliphatic rings. The number of rotatable bonds is 3. The molecule has 19 heavy (non-hydrogen) atoms. The van der Waals surface area contributed by atoms with Crippen molar-refractivity contribution in [3.05, 3.63) is 58.9 Å². The number of carbonyl (C=O) groups excluding carboxylic acids is 1. The zero-order valence-electron chi connectivity index (χ0n) is 11.0. The summed E-state index contributed by atoms with van der Waals surface area (Å²) in [4.78, 5) is 12.0. The molecule has 1 N–H and O–H groups in total. The summed E-state index contributed by atoms with van der Waals surface area (Å²) in [6.45, 7) is 2.08. The summed E-state index contributed by atoms with van der Waals surface area (Å²) in [5, 5.41) is 3.40. The van der Waals surface area contributed by atoms with Gasteiger partial charge >= 0.3 is 0 Å². The summed E-state index contributed by atoms with van der Waals surface area (Å²) in [5.41, 5.74) is 2.54. The number of aryl methyl sites for hydroxylation is 2. The Bertz CT molecular complexity index is 594. The fourth-order valence-corrected chi connectivity index (χ4v) is 1.89. The molecule has 0 aliphatic heterocycles. The Labute approximate surface area is 117 Å². The molecule has 0 radical (unpaired) electrons. The number of hydrogen-bond acceptors (Lipinski definition) is 1. The SMILES string of the molecule is CCc1ccc(C(=O)Nc2cc[n+](C)c(Cl)c2)cc1. The first-order valence-electron chi connectivity index (χ1n) is 6.15. The van der Waals surface area contributed by atoms with Crippen LogP contribution in [0, 0.1) is 0 Å². The lowest BCUT2D eigenvalue weighted by atomic mass is 10.1. The monoisotopic (exact) mass is 275 g/mol. The van der Waals surface area contributed by atoms with E-state index in [9.17, 15) is 4.79 Å². The van der Waals surface area contributed by atoms with Crippen LogP contribution in [0.1, 0.15) is 22.8 Å². The van der Waals surface area contributed by atoms with E-state index in [0.717, 1.165) is 6.42 Å². The van der Waals surface area contributed by atoms with Crippen molar-refractivity contribution in [3.63, 3.8) is 0 Å². The third-order valence-electron chi connectivity index (χ3n) is 2.97. The molecule has 98 valence electrons. The van der Waals surface area contributed by atoms with Crippen LogP contribution < -0.4 is 9.88 Å². The van der Waals surface area contributed by atoms with Crippen molar-refractivity contribution in [2.75, 3.05) is 5.32 Å². The number of carbonyl (C=O) groups is 1. The van der Waals surface area contributed by atoms with Gasteiger partial charge in [0.05, 0.1) is 5.69 Å². The average molecular weight is 276 g/mol. The van der Waals surface area contributed by atoms with Gasteiger partial charge in [-0.25, -0.2) is 0 Å². The molecular weight excluding hydrogens is 260 g/mol. The Morgan fingerprint density at radius 2 is 1.95 bits per heavy atom. The second kappa shape index (κ2) is 5.85. The van der Waals surface area contributed by atoms with Crippen LogP contribution in [0.4, 0.5) is 5.69 Å². The minimum atomic E-state index is -0.132. The molecular formula is C15H16ClN2O+. The van der Waals surface area contributed by atoms with Crippen molar-refractivity contribution in [1.82, 2.24) is 0 Å². The smallest absolute Gasteiger partial charge is 0.276 e. The highest BCUT2D eigenvalue weighted by molar-refractivity contribution is 6.28. The van der Waals surface area contributed by atoms with E-state index < -0.39 is 0 Å². The van der Waals surface area contributed by atoms with Crippen molar-refractivity contribution in [2.45, 2.75) is 13.3 Å². The minimum Gasteiger partial charge on any atom is -0.321 e. The fourth-order valence-electron chi connectivity index (χ4n) is 1.71. The molecule has 1 aromatic heterocycles. The molecule has 0 unspecified atom stereocenters. The highest BCUT2D eigenvalue weighted by atomic mass is 35.5. The number of nitrogens with zero attached hydrogens (tertiary/aromatic N) is 1. The lowest BCUT2D eigenvalue weighted by molar-refractivity contribution is -0.669. The second-order valence-electron chi connectivity index (χ2n) is 4.35. The number of amides is 1. The summed E-state index contributed by atoms with van der Waals surface area (Å²) in [6, 6.07) is 11.1. The van der Waals surface area contributed by atoms with Crippen LogP contribution >= 0.6 is 11.6 Å². The quantitative estimate of drug-likeness (QED) is 0.678. The summed E-state index contributed by atoms with van der Waals surface area (Å²) < 4.78 is 1.77. The summed E-state index contributed by atoms with van der Waals surface area (Å²) in [5.74, 6) is -0.132. The molecule has 0 aliphatic carbocycles. The van der Waals surface area contributed by atoms with Gasteiger partial charge in [0, 0.05) is 17.7 Å². The van der Waals surface area contributed by atoms with Crippen molar-refractivity contribution in [1.29, 1.82) is 0 Å². The molecule has 0 saturated carbocycles. The first kappa shape index (κ1) is 13.6. The highest BCUT2D eigenvalue weighted by Gasteiger charge is 2.09. The van der Waals surface area contributed by atoms with Crippen LogP contribution in [0.5, 0.6) is 0 Å². The van der Waals surface area contributed by atoms with Gasteiger partial charge in [0.15, 0.2) is 6.20 Å². The molecule has 2 rings (SSSR count). The van der Waals surface area contributed by atoms with Gasteiger partial charge in [0.1, 0.15) is 7.05 Å². The summed E-state index contributed by atoms with van der Waals surface area (Å²) in [7, 11) is 1.84. The molecule has 2 aromatic rings. The Kier molecular flexibility index (Phi) is 4.17. The van der Waals surface area contributed by atoms with Crippen LogP contribution in [-0.2, 0) is 13.5 Å². The Morgan fingerprint density at radius 3 is 2.53 bits per heavy atom. The van der Waals surface area contributed by atoms with Crippen molar-refractivity contribution < 1.29 is 9.36 Å². The molecule has 1 heterocycles. The van der Waals surface area contributed by atoms with Crippen molar-refractivity contribution in [3.8, 4) is 0 Å². The molecule has 1 aromatic carbocycles. The Morgan fingerprint density at radius 1 is 1.26 bits per heavy atom. The van der Waals surface area contributed by atoms with Crippen LogP contribution in [0.3, 0.4) is 0 Å². The van der Waals surface area contributed by atoms with E-state index >= 15 is 0 Å². The van der Waals surface area contributed by atoms with Crippen LogP contribution in [0.25, 0.3) is 0 Å². The number of hydrogen-bond donors (Lipinski definition) is 1. The zero-order valence-corrected chi connectivity index (χ0v) is 11.7. The van der Waals surface area contributed by atoms with Gasteiger partial charge < -0.3 is 5.32 Å². The molecule has 1 amide bonds. The van der Waals surface area contributed by atoms with Gasteiger partial charge in [-0.1, -0.05) is 19.1 Å². The average Bonchev–Trinajstić information content (AvgIpc) is 2.43. The third-order valence-corrected chi connectivity index (χ3v) is 3.35. The van der Waals surface area contributed by atoms with Gasteiger partial charge in [-0.15, -0.1) is 0 Å². The molecule has 3 nitrogen and oxygen atoms in total. The third kappa shape index (κ3) is 3.32. The molecule has 4 heteroatoms. The molecule has 0 saturated heterocycles. The van der Waals surface area contributed by atoms with Crippen LogP contribution in [0.2, 0.25) is 5.15 Å². The van der Waals surface area contributed by atoms with Crippen LogP contribution in [0.15, 0.2) is 42.6 Å². The topological polar surface area (TPSA) is 33.0 Å². The summed E-state index contributed by atoms with van der Waals surface area (Å²) in [6.07, 6.45) is 2.77. The highest BCUT2D eigenvalue weighted by Crippen LogP contribution is 2.13. The van der Waals surface area contributed by atoms with E-state index in [1.165, 1.54) is 5.56 Å². The maximum atomic E-state index is 12.0. The lowest BCUT2D eigenvalue weighted by Gasteiger charge is -2.05. The van der Waals surface area contributed by atoms with Gasteiger partial charge in [-0.05, 0) is 35.7 Å².